The van der Waals surface area contributed by atoms with Gasteiger partial charge in [-0.25, -0.2) is 9.18 Å². The summed E-state index contributed by atoms with van der Waals surface area (Å²) < 4.78 is 24.0. The molecule has 116 valence electrons. The van der Waals surface area contributed by atoms with Gasteiger partial charge in [-0.15, -0.1) is 0 Å². The number of ether oxygens (including phenoxy) is 2. The molecule has 1 aromatic carbocycles. The van der Waals surface area contributed by atoms with Gasteiger partial charge in [0.1, 0.15) is 18.2 Å². The second-order valence-corrected chi connectivity index (χ2v) is 5.54. The summed E-state index contributed by atoms with van der Waals surface area (Å²) in [6.07, 6.45) is -0.773. The molecule has 1 aliphatic heterocycles. The van der Waals surface area contributed by atoms with Gasteiger partial charge < -0.3 is 20.1 Å². The smallest absolute Gasteiger partial charge is 0.407 e. The maximum absolute atomic E-state index is 13.6. The van der Waals surface area contributed by atoms with Gasteiger partial charge in [-0.1, -0.05) is 13.8 Å². The fraction of sp³-hybridized carbons (Fsp3) is 0.533. The number of carbonyl (C=O) groups excluding carboxylic acids is 1. The highest BCUT2D eigenvalue weighted by molar-refractivity contribution is 5.69. The summed E-state index contributed by atoms with van der Waals surface area (Å²) in [4.78, 5) is 10.9. The zero-order valence-electron chi connectivity index (χ0n) is 12.3. The molecule has 1 aromatic rings. The van der Waals surface area contributed by atoms with E-state index in [9.17, 15) is 9.18 Å². The molecule has 1 fully saturated rings. The molecule has 1 unspecified atom stereocenters. The van der Waals surface area contributed by atoms with Crippen LogP contribution in [0.2, 0.25) is 0 Å². The lowest BCUT2D eigenvalue weighted by molar-refractivity contribution is 0.104. The highest BCUT2D eigenvalue weighted by Crippen LogP contribution is 2.17. The van der Waals surface area contributed by atoms with E-state index in [-0.39, 0.29) is 18.5 Å². The third kappa shape index (κ3) is 5.23. The van der Waals surface area contributed by atoms with Crippen molar-refractivity contribution in [2.45, 2.75) is 26.5 Å². The standard InChI is InChI=1S/C15H21FN2O3/c1-10(2)6-17-7-11-3-12(16)5-13(4-11)20-9-14-8-18-15(19)21-14/h3-5,10,14,17H,6-9H2,1-2H3,(H,18,19). The molecule has 1 aliphatic rings. The molecular weight excluding hydrogens is 275 g/mol. The third-order valence-electron chi connectivity index (χ3n) is 3.00. The van der Waals surface area contributed by atoms with E-state index in [4.69, 9.17) is 9.47 Å². The Bertz CT molecular complexity index is 494. The molecule has 0 aromatic heterocycles. The first-order valence-corrected chi connectivity index (χ1v) is 7.10. The van der Waals surface area contributed by atoms with Gasteiger partial charge >= 0.3 is 6.09 Å². The first kappa shape index (κ1) is 15.6. The monoisotopic (exact) mass is 296 g/mol. The Hall–Kier alpha value is -1.82. The zero-order valence-corrected chi connectivity index (χ0v) is 12.3. The number of hydrogen-bond donors (Lipinski definition) is 2. The molecule has 1 heterocycles. The zero-order chi connectivity index (χ0) is 15.2. The van der Waals surface area contributed by atoms with Crippen molar-refractivity contribution >= 4 is 6.09 Å². The summed E-state index contributed by atoms with van der Waals surface area (Å²) in [5, 5.41) is 5.80. The van der Waals surface area contributed by atoms with E-state index in [2.05, 4.69) is 24.5 Å². The van der Waals surface area contributed by atoms with Crippen LogP contribution in [0.3, 0.4) is 0 Å². The normalized spacial score (nSPS) is 17.7. The molecule has 0 radical (unpaired) electrons. The number of nitrogens with one attached hydrogen (secondary N) is 2. The van der Waals surface area contributed by atoms with Crippen LogP contribution >= 0.6 is 0 Å². The largest absolute Gasteiger partial charge is 0.490 e. The highest BCUT2D eigenvalue weighted by atomic mass is 19.1. The fourth-order valence-corrected chi connectivity index (χ4v) is 2.03. The molecule has 1 amide bonds. The van der Waals surface area contributed by atoms with Gasteiger partial charge in [0, 0.05) is 12.6 Å². The number of rotatable bonds is 7. The van der Waals surface area contributed by atoms with Crippen molar-refractivity contribution in [2.24, 2.45) is 5.92 Å². The van der Waals surface area contributed by atoms with E-state index < -0.39 is 6.09 Å². The first-order valence-electron chi connectivity index (χ1n) is 7.10. The Morgan fingerprint density at radius 1 is 1.48 bits per heavy atom. The molecule has 1 atom stereocenters. The quantitative estimate of drug-likeness (QED) is 0.808. The Balaban J connectivity index is 1.87. The third-order valence-corrected chi connectivity index (χ3v) is 3.00. The van der Waals surface area contributed by atoms with Gasteiger partial charge in [0.15, 0.2) is 6.10 Å². The van der Waals surface area contributed by atoms with Crippen molar-refractivity contribution in [3.63, 3.8) is 0 Å². The van der Waals surface area contributed by atoms with Crippen LogP contribution in [0, 0.1) is 11.7 Å². The van der Waals surface area contributed by atoms with Crippen molar-refractivity contribution in [1.82, 2.24) is 10.6 Å². The number of benzene rings is 1. The lowest BCUT2D eigenvalue weighted by Crippen LogP contribution is -2.22. The summed E-state index contributed by atoms with van der Waals surface area (Å²) in [7, 11) is 0. The number of cyclic esters (lactones) is 1. The van der Waals surface area contributed by atoms with Gasteiger partial charge in [-0.3, -0.25) is 0 Å². The number of alkyl carbamates (subject to hydrolysis) is 1. The molecule has 0 bridgehead atoms. The molecule has 5 nitrogen and oxygen atoms in total. The summed E-state index contributed by atoms with van der Waals surface area (Å²) in [5.74, 6) is 0.647. The van der Waals surface area contributed by atoms with Crippen molar-refractivity contribution in [2.75, 3.05) is 19.7 Å². The molecule has 21 heavy (non-hydrogen) atoms. The molecule has 0 saturated carbocycles. The SMILES string of the molecule is CC(C)CNCc1cc(F)cc(OCC2CNC(=O)O2)c1. The summed E-state index contributed by atoms with van der Waals surface area (Å²) >= 11 is 0. The van der Waals surface area contributed by atoms with Crippen LogP contribution in [0.5, 0.6) is 5.75 Å². The van der Waals surface area contributed by atoms with Gasteiger partial charge in [0.2, 0.25) is 0 Å². The van der Waals surface area contributed by atoms with E-state index in [1.54, 1.807) is 6.07 Å². The van der Waals surface area contributed by atoms with Crippen LogP contribution in [0.25, 0.3) is 0 Å². The van der Waals surface area contributed by atoms with E-state index in [1.807, 2.05) is 0 Å². The predicted molar refractivity (Wildman–Crippen MR) is 76.7 cm³/mol. The first-order chi connectivity index (χ1) is 10.0. The average molecular weight is 296 g/mol. The minimum atomic E-state index is -0.443. The maximum Gasteiger partial charge on any atom is 0.407 e. The molecule has 6 heteroatoms. The lowest BCUT2D eigenvalue weighted by Gasteiger charge is -2.12. The summed E-state index contributed by atoms with van der Waals surface area (Å²) in [6, 6.07) is 4.61. The minimum absolute atomic E-state index is 0.209. The van der Waals surface area contributed by atoms with Crippen molar-refractivity contribution in [3.05, 3.63) is 29.6 Å². The molecule has 1 saturated heterocycles. The predicted octanol–water partition coefficient (Wildman–Crippen LogP) is 2.06. The van der Waals surface area contributed by atoms with Crippen LogP contribution in [-0.2, 0) is 11.3 Å². The van der Waals surface area contributed by atoms with Crippen LogP contribution < -0.4 is 15.4 Å². The topological polar surface area (TPSA) is 59.6 Å². The van der Waals surface area contributed by atoms with Crippen molar-refractivity contribution < 1.29 is 18.7 Å². The van der Waals surface area contributed by atoms with Crippen LogP contribution in [0.1, 0.15) is 19.4 Å². The molecule has 2 rings (SSSR count). The van der Waals surface area contributed by atoms with E-state index in [0.717, 1.165) is 12.1 Å². The molecule has 0 spiro atoms. The Kier molecular flexibility index (Phi) is 5.38. The highest BCUT2D eigenvalue weighted by Gasteiger charge is 2.22. The maximum atomic E-state index is 13.6. The van der Waals surface area contributed by atoms with Gasteiger partial charge in [-0.05, 0) is 30.2 Å². The number of halogens is 1. The van der Waals surface area contributed by atoms with E-state index >= 15 is 0 Å². The Morgan fingerprint density at radius 2 is 2.29 bits per heavy atom. The number of amides is 1. The van der Waals surface area contributed by atoms with Crippen LogP contribution in [0.4, 0.5) is 9.18 Å². The van der Waals surface area contributed by atoms with Crippen LogP contribution in [-0.4, -0.2) is 31.9 Å². The van der Waals surface area contributed by atoms with E-state index in [0.29, 0.717) is 24.8 Å². The Labute approximate surface area is 123 Å². The second-order valence-electron chi connectivity index (χ2n) is 5.54. The molecular formula is C15H21FN2O3. The van der Waals surface area contributed by atoms with Crippen molar-refractivity contribution in [3.8, 4) is 5.75 Å². The lowest BCUT2D eigenvalue weighted by atomic mass is 10.2. The minimum Gasteiger partial charge on any atom is -0.490 e. The summed E-state index contributed by atoms with van der Waals surface area (Å²) in [6.45, 7) is 6.31. The Morgan fingerprint density at radius 3 is 2.95 bits per heavy atom. The fourth-order valence-electron chi connectivity index (χ4n) is 2.03. The van der Waals surface area contributed by atoms with Crippen molar-refractivity contribution in [1.29, 1.82) is 0 Å². The summed E-state index contributed by atoms with van der Waals surface area (Å²) in [5.41, 5.74) is 0.826. The molecule has 0 aliphatic carbocycles. The van der Waals surface area contributed by atoms with Gasteiger partial charge in [0.25, 0.3) is 0 Å². The number of carbonyl (C=O) groups is 1. The second kappa shape index (κ2) is 7.26. The average Bonchev–Trinajstić information content (AvgIpc) is 2.81. The molecule has 2 N–H and O–H groups in total. The van der Waals surface area contributed by atoms with E-state index in [1.165, 1.54) is 12.1 Å². The van der Waals surface area contributed by atoms with Gasteiger partial charge in [0.05, 0.1) is 6.54 Å². The van der Waals surface area contributed by atoms with Gasteiger partial charge in [-0.2, -0.15) is 0 Å². The van der Waals surface area contributed by atoms with Crippen LogP contribution in [0.15, 0.2) is 18.2 Å². The number of hydrogen-bond acceptors (Lipinski definition) is 4.